The number of piperazine rings is 1. The summed E-state index contributed by atoms with van der Waals surface area (Å²) in [6.45, 7) is 10.3. The zero-order chi connectivity index (χ0) is 27.4. The molecule has 0 unspecified atom stereocenters. The van der Waals surface area contributed by atoms with Crippen LogP contribution in [-0.2, 0) is 11.2 Å². The Bertz CT molecular complexity index is 1190. The Balaban J connectivity index is 1.32. The number of benzene rings is 1. The van der Waals surface area contributed by atoms with E-state index in [1.165, 1.54) is 16.6 Å². The molecule has 5 N–H and O–H groups in total. The average molecular weight is 525 g/mol. The number of carbonyl (C=O) groups excluding carboxylic acids is 2. The van der Waals surface area contributed by atoms with Gasteiger partial charge in [-0.15, -0.1) is 0 Å². The third kappa shape index (κ3) is 6.58. The van der Waals surface area contributed by atoms with Crippen LogP contribution in [0.5, 0.6) is 0 Å². The van der Waals surface area contributed by atoms with Crippen molar-refractivity contribution in [1.29, 1.82) is 0 Å². The summed E-state index contributed by atoms with van der Waals surface area (Å²) in [5.41, 5.74) is 12.2. The molecule has 1 aromatic carbocycles. The summed E-state index contributed by atoms with van der Waals surface area (Å²) in [5.74, 6) is 0.649. The van der Waals surface area contributed by atoms with Gasteiger partial charge in [0.25, 0.3) is 0 Å². The first-order valence-corrected chi connectivity index (χ1v) is 13.3. The molecule has 0 radical (unpaired) electrons. The van der Waals surface area contributed by atoms with Gasteiger partial charge in [0.05, 0.1) is 11.2 Å². The lowest BCUT2D eigenvalue weighted by molar-refractivity contribution is -0.138. The molecule has 3 heterocycles. The van der Waals surface area contributed by atoms with E-state index in [0.717, 1.165) is 32.6 Å². The SMILES string of the molecule is C[C@@H]1CN(C(=O)C(C)(C)N)CCN1C(=O)Nc1ccn(-c2ccc(CCN3CC[C@H](CN)C3)cc2)c(=O)n1. The summed E-state index contributed by atoms with van der Waals surface area (Å²) in [4.78, 5) is 47.9. The van der Waals surface area contributed by atoms with E-state index in [1.54, 1.807) is 35.9 Å². The van der Waals surface area contributed by atoms with Gasteiger partial charge in [0.15, 0.2) is 0 Å². The number of nitrogens with zero attached hydrogens (tertiary/aromatic N) is 5. The first-order chi connectivity index (χ1) is 18.0. The summed E-state index contributed by atoms with van der Waals surface area (Å²) >= 11 is 0. The van der Waals surface area contributed by atoms with Crippen LogP contribution in [0.1, 0.15) is 32.8 Å². The van der Waals surface area contributed by atoms with E-state index in [9.17, 15) is 14.4 Å². The number of rotatable bonds is 7. The number of amides is 3. The topological polar surface area (TPSA) is 143 Å². The summed E-state index contributed by atoms with van der Waals surface area (Å²) < 4.78 is 1.45. The normalized spacial score (nSPS) is 20.6. The average Bonchev–Trinajstić information content (AvgIpc) is 3.35. The van der Waals surface area contributed by atoms with Crippen LogP contribution in [0.3, 0.4) is 0 Å². The fourth-order valence-electron chi connectivity index (χ4n) is 5.12. The maximum Gasteiger partial charge on any atom is 0.354 e. The highest BCUT2D eigenvalue weighted by Crippen LogP contribution is 2.17. The minimum absolute atomic E-state index is 0.144. The molecule has 2 saturated heterocycles. The summed E-state index contributed by atoms with van der Waals surface area (Å²) in [7, 11) is 0. The molecule has 1 aromatic heterocycles. The smallest absolute Gasteiger partial charge is 0.337 e. The highest BCUT2D eigenvalue weighted by atomic mass is 16.2. The van der Waals surface area contributed by atoms with Crippen LogP contribution in [0.25, 0.3) is 5.69 Å². The van der Waals surface area contributed by atoms with Crippen molar-refractivity contribution in [1.82, 2.24) is 24.3 Å². The zero-order valence-corrected chi connectivity index (χ0v) is 22.6. The van der Waals surface area contributed by atoms with Gasteiger partial charge in [-0.1, -0.05) is 12.1 Å². The highest BCUT2D eigenvalue weighted by molar-refractivity contribution is 5.89. The lowest BCUT2D eigenvalue weighted by atomic mass is 10.0. The highest BCUT2D eigenvalue weighted by Gasteiger charge is 2.34. The number of hydrogen-bond donors (Lipinski definition) is 3. The number of carbonyl (C=O) groups is 2. The molecule has 0 spiro atoms. The lowest BCUT2D eigenvalue weighted by Crippen LogP contribution is -2.61. The Morgan fingerprint density at radius 1 is 1.11 bits per heavy atom. The Morgan fingerprint density at radius 2 is 1.84 bits per heavy atom. The second-order valence-electron chi connectivity index (χ2n) is 11.0. The molecule has 2 fully saturated rings. The van der Waals surface area contributed by atoms with Crippen molar-refractivity contribution in [2.75, 3.05) is 51.1 Å². The van der Waals surface area contributed by atoms with Crippen LogP contribution in [0.15, 0.2) is 41.3 Å². The van der Waals surface area contributed by atoms with Crippen molar-refractivity contribution in [3.63, 3.8) is 0 Å². The molecular formula is C27H40N8O3. The molecule has 206 valence electrons. The molecule has 0 bridgehead atoms. The molecule has 2 aliphatic heterocycles. The van der Waals surface area contributed by atoms with E-state index in [4.69, 9.17) is 11.5 Å². The maximum atomic E-state index is 12.9. The standard InChI is InChI=1S/C27H40N8O3/c1-19-17-33(24(36)27(2,3)29)14-15-34(19)25(37)30-23-10-13-35(26(38)31-23)22-6-4-20(5-7-22)8-11-32-12-9-21(16-28)18-32/h4-7,10,13,19,21H,8-9,11-12,14-18,28-29H2,1-3H3,(H,30,31,37,38)/t19-,21-/m1/s1. The molecule has 2 aliphatic rings. The minimum atomic E-state index is -0.958. The Hall–Kier alpha value is -3.28. The van der Waals surface area contributed by atoms with Crippen LogP contribution >= 0.6 is 0 Å². The van der Waals surface area contributed by atoms with Gasteiger partial charge in [-0.25, -0.2) is 9.59 Å². The first-order valence-electron chi connectivity index (χ1n) is 13.3. The number of anilines is 1. The third-order valence-corrected chi connectivity index (χ3v) is 7.40. The van der Waals surface area contributed by atoms with Crippen LogP contribution < -0.4 is 22.5 Å². The van der Waals surface area contributed by atoms with Gasteiger partial charge in [0.1, 0.15) is 5.82 Å². The molecule has 4 rings (SSSR count). The fraction of sp³-hybridized carbons (Fsp3) is 0.556. The van der Waals surface area contributed by atoms with Crippen LogP contribution in [-0.4, -0.2) is 93.6 Å². The van der Waals surface area contributed by atoms with Gasteiger partial charge in [0, 0.05) is 45.0 Å². The van der Waals surface area contributed by atoms with E-state index < -0.39 is 11.2 Å². The van der Waals surface area contributed by atoms with E-state index in [-0.39, 0.29) is 23.8 Å². The van der Waals surface area contributed by atoms with Gasteiger partial charge in [0.2, 0.25) is 5.91 Å². The molecule has 3 amide bonds. The van der Waals surface area contributed by atoms with E-state index in [0.29, 0.717) is 31.2 Å². The molecule has 2 aromatic rings. The van der Waals surface area contributed by atoms with Gasteiger partial charge >= 0.3 is 11.7 Å². The van der Waals surface area contributed by atoms with Gasteiger partial charge < -0.3 is 26.2 Å². The predicted octanol–water partition coefficient (Wildman–Crippen LogP) is 0.858. The molecular weight excluding hydrogens is 484 g/mol. The minimum Gasteiger partial charge on any atom is -0.337 e. The molecule has 0 aliphatic carbocycles. The predicted molar refractivity (Wildman–Crippen MR) is 147 cm³/mol. The summed E-state index contributed by atoms with van der Waals surface area (Å²) in [6.07, 6.45) is 3.73. The van der Waals surface area contributed by atoms with Crippen molar-refractivity contribution in [3.8, 4) is 5.69 Å². The van der Waals surface area contributed by atoms with E-state index >= 15 is 0 Å². The Morgan fingerprint density at radius 3 is 2.45 bits per heavy atom. The molecule has 0 saturated carbocycles. The second kappa shape index (κ2) is 11.6. The van der Waals surface area contributed by atoms with E-state index in [2.05, 4.69) is 15.2 Å². The number of hydrogen-bond acceptors (Lipinski definition) is 7. The van der Waals surface area contributed by atoms with Crippen LogP contribution in [0.2, 0.25) is 0 Å². The van der Waals surface area contributed by atoms with Crippen LogP contribution in [0.4, 0.5) is 10.6 Å². The number of nitrogens with two attached hydrogens (primary N) is 2. The van der Waals surface area contributed by atoms with Crippen molar-refractivity contribution < 1.29 is 9.59 Å². The first kappa shape index (κ1) is 27.7. The largest absolute Gasteiger partial charge is 0.354 e. The van der Waals surface area contributed by atoms with Crippen molar-refractivity contribution in [2.45, 2.75) is 45.2 Å². The fourth-order valence-corrected chi connectivity index (χ4v) is 5.12. The maximum absolute atomic E-state index is 12.9. The Kier molecular flexibility index (Phi) is 8.49. The van der Waals surface area contributed by atoms with Gasteiger partial charge in [-0.05, 0) is 76.4 Å². The molecule has 2 atom stereocenters. The number of aromatic nitrogens is 2. The second-order valence-corrected chi connectivity index (χ2v) is 11.0. The van der Waals surface area contributed by atoms with E-state index in [1.807, 2.05) is 31.2 Å². The molecule has 11 nitrogen and oxygen atoms in total. The van der Waals surface area contributed by atoms with Crippen molar-refractivity contribution >= 4 is 17.8 Å². The van der Waals surface area contributed by atoms with Crippen LogP contribution in [0, 0.1) is 5.92 Å². The molecule has 11 heteroatoms. The van der Waals surface area contributed by atoms with Gasteiger partial charge in [-0.2, -0.15) is 4.98 Å². The molecule has 38 heavy (non-hydrogen) atoms. The monoisotopic (exact) mass is 524 g/mol. The Labute approximate surface area is 223 Å². The summed E-state index contributed by atoms with van der Waals surface area (Å²) in [6, 6.07) is 8.93. The number of nitrogens with one attached hydrogen (secondary N) is 1. The quantitative estimate of drug-likeness (QED) is 0.487. The number of urea groups is 1. The zero-order valence-electron chi connectivity index (χ0n) is 22.6. The lowest BCUT2D eigenvalue weighted by Gasteiger charge is -2.41. The van der Waals surface area contributed by atoms with Crippen molar-refractivity contribution in [2.24, 2.45) is 17.4 Å². The number of likely N-dealkylation sites (tertiary alicyclic amines) is 1. The third-order valence-electron chi connectivity index (χ3n) is 7.40. The van der Waals surface area contributed by atoms with Gasteiger partial charge in [-0.3, -0.25) is 14.7 Å². The summed E-state index contributed by atoms with van der Waals surface area (Å²) in [5, 5.41) is 2.72. The van der Waals surface area contributed by atoms with Crippen molar-refractivity contribution in [3.05, 3.63) is 52.6 Å².